The van der Waals surface area contributed by atoms with Crippen LogP contribution in [0, 0.1) is 6.92 Å². The summed E-state index contributed by atoms with van der Waals surface area (Å²) in [5.41, 5.74) is 2.86. The number of carbonyl (C=O) groups is 1. The van der Waals surface area contributed by atoms with Gasteiger partial charge >= 0.3 is 0 Å². The summed E-state index contributed by atoms with van der Waals surface area (Å²) in [6.07, 6.45) is 0. The van der Waals surface area contributed by atoms with E-state index in [0.29, 0.717) is 22.7 Å². The Morgan fingerprint density at radius 3 is 2.48 bits per heavy atom. The van der Waals surface area contributed by atoms with Gasteiger partial charge in [0, 0.05) is 11.6 Å². The van der Waals surface area contributed by atoms with Crippen molar-refractivity contribution in [2.24, 2.45) is 0 Å². The molecule has 0 fully saturated rings. The zero-order valence-corrected chi connectivity index (χ0v) is 16.8. The van der Waals surface area contributed by atoms with Crippen LogP contribution in [0.2, 0.25) is 0 Å². The first-order chi connectivity index (χ1) is 12.7. The van der Waals surface area contributed by atoms with Gasteiger partial charge in [-0.25, -0.2) is 0 Å². The number of aromatic nitrogens is 3. The lowest BCUT2D eigenvalue weighted by Crippen LogP contribution is -2.22. The molecule has 142 valence electrons. The Morgan fingerprint density at radius 2 is 1.89 bits per heavy atom. The van der Waals surface area contributed by atoms with Crippen molar-refractivity contribution >= 4 is 23.6 Å². The van der Waals surface area contributed by atoms with Crippen molar-refractivity contribution in [3.63, 3.8) is 0 Å². The molecule has 1 atom stereocenters. The van der Waals surface area contributed by atoms with Gasteiger partial charge in [0.05, 0.1) is 10.9 Å². The van der Waals surface area contributed by atoms with E-state index in [1.807, 2.05) is 12.1 Å². The minimum absolute atomic E-state index is 0.0826. The van der Waals surface area contributed by atoms with Gasteiger partial charge in [0.2, 0.25) is 17.7 Å². The van der Waals surface area contributed by atoms with E-state index in [4.69, 9.17) is 8.94 Å². The Bertz CT molecular complexity index is 925. The molecule has 1 amide bonds. The summed E-state index contributed by atoms with van der Waals surface area (Å²) in [5.74, 6) is 0.511. The third kappa shape index (κ3) is 4.77. The quantitative estimate of drug-likeness (QED) is 0.647. The van der Waals surface area contributed by atoms with Crippen LogP contribution in [0.25, 0.3) is 11.5 Å². The SMILES string of the molecule is Cc1cc(NC(=O)C(C)Sc2nnc(-c3ccc(C(C)(C)C)cc3)o2)on1. The van der Waals surface area contributed by atoms with E-state index >= 15 is 0 Å². The van der Waals surface area contributed by atoms with Gasteiger partial charge in [0.15, 0.2) is 0 Å². The number of hydrogen-bond acceptors (Lipinski definition) is 7. The van der Waals surface area contributed by atoms with E-state index in [9.17, 15) is 4.79 Å². The molecule has 1 aromatic carbocycles. The summed E-state index contributed by atoms with van der Waals surface area (Å²) in [5, 5.41) is 14.4. The molecule has 3 aromatic rings. The molecule has 0 saturated carbocycles. The van der Waals surface area contributed by atoms with Crippen LogP contribution in [0.1, 0.15) is 39.0 Å². The van der Waals surface area contributed by atoms with Crippen LogP contribution in [-0.4, -0.2) is 26.5 Å². The summed E-state index contributed by atoms with van der Waals surface area (Å²) in [6.45, 7) is 10.0. The molecule has 8 heteroatoms. The number of thioether (sulfide) groups is 1. The van der Waals surface area contributed by atoms with Crippen LogP contribution in [-0.2, 0) is 10.2 Å². The molecule has 0 aliphatic carbocycles. The minimum atomic E-state index is -0.438. The normalized spacial score (nSPS) is 12.8. The van der Waals surface area contributed by atoms with Crippen molar-refractivity contribution in [3.05, 3.63) is 41.6 Å². The smallest absolute Gasteiger partial charge is 0.277 e. The first-order valence-electron chi connectivity index (χ1n) is 8.57. The van der Waals surface area contributed by atoms with E-state index in [-0.39, 0.29) is 11.3 Å². The van der Waals surface area contributed by atoms with Crippen molar-refractivity contribution in [1.82, 2.24) is 15.4 Å². The fraction of sp³-hybridized carbons (Fsp3) is 0.368. The maximum absolute atomic E-state index is 12.2. The maximum atomic E-state index is 12.2. The molecule has 27 heavy (non-hydrogen) atoms. The zero-order chi connectivity index (χ0) is 19.6. The molecule has 7 nitrogen and oxygen atoms in total. The molecule has 1 N–H and O–H groups in total. The second-order valence-electron chi connectivity index (χ2n) is 7.28. The Balaban J connectivity index is 1.64. The number of nitrogens with one attached hydrogen (secondary N) is 1. The summed E-state index contributed by atoms with van der Waals surface area (Å²) in [4.78, 5) is 12.2. The molecule has 2 heterocycles. The van der Waals surface area contributed by atoms with Crippen LogP contribution in [0.3, 0.4) is 0 Å². The van der Waals surface area contributed by atoms with Gasteiger partial charge in [-0.2, -0.15) is 0 Å². The fourth-order valence-corrected chi connectivity index (χ4v) is 3.02. The summed E-state index contributed by atoms with van der Waals surface area (Å²) >= 11 is 1.19. The molecule has 0 aliphatic rings. The van der Waals surface area contributed by atoms with Crippen LogP contribution in [0.15, 0.2) is 44.5 Å². The van der Waals surface area contributed by atoms with Crippen molar-refractivity contribution in [2.45, 2.75) is 50.5 Å². The van der Waals surface area contributed by atoms with Gasteiger partial charge in [-0.3, -0.25) is 10.1 Å². The van der Waals surface area contributed by atoms with E-state index in [0.717, 1.165) is 5.56 Å². The van der Waals surface area contributed by atoms with Gasteiger partial charge in [-0.05, 0) is 37.0 Å². The van der Waals surface area contributed by atoms with Gasteiger partial charge in [-0.15, -0.1) is 10.2 Å². The fourth-order valence-electron chi connectivity index (χ4n) is 2.34. The molecule has 0 radical (unpaired) electrons. The van der Waals surface area contributed by atoms with Crippen molar-refractivity contribution in [1.29, 1.82) is 0 Å². The highest BCUT2D eigenvalue weighted by molar-refractivity contribution is 8.00. The number of hydrogen-bond donors (Lipinski definition) is 1. The Kier molecular flexibility index (Phi) is 5.36. The average molecular weight is 386 g/mol. The van der Waals surface area contributed by atoms with Gasteiger partial charge in [0.1, 0.15) is 0 Å². The van der Waals surface area contributed by atoms with Gasteiger partial charge in [-0.1, -0.05) is 49.8 Å². The van der Waals surface area contributed by atoms with Crippen molar-refractivity contribution < 1.29 is 13.7 Å². The van der Waals surface area contributed by atoms with E-state index in [1.54, 1.807) is 19.9 Å². The molecular weight excluding hydrogens is 364 g/mol. The van der Waals surface area contributed by atoms with Crippen LogP contribution in [0.4, 0.5) is 5.88 Å². The summed E-state index contributed by atoms with van der Waals surface area (Å²) in [6, 6.07) is 9.70. The molecule has 2 aromatic heterocycles. The lowest BCUT2D eigenvalue weighted by Gasteiger charge is -2.18. The highest BCUT2D eigenvalue weighted by Gasteiger charge is 2.20. The number of aryl methyl sites for hydroxylation is 1. The lowest BCUT2D eigenvalue weighted by molar-refractivity contribution is -0.115. The zero-order valence-electron chi connectivity index (χ0n) is 15.9. The predicted octanol–water partition coefficient (Wildman–Crippen LogP) is 4.45. The summed E-state index contributed by atoms with van der Waals surface area (Å²) < 4.78 is 10.7. The largest absolute Gasteiger partial charge is 0.411 e. The van der Waals surface area contributed by atoms with Crippen molar-refractivity contribution in [2.75, 3.05) is 5.32 Å². The van der Waals surface area contributed by atoms with Gasteiger partial charge in [0.25, 0.3) is 5.22 Å². The Morgan fingerprint density at radius 1 is 1.19 bits per heavy atom. The molecule has 0 aliphatic heterocycles. The van der Waals surface area contributed by atoms with Crippen LogP contribution < -0.4 is 5.32 Å². The topological polar surface area (TPSA) is 94.1 Å². The molecule has 0 spiro atoms. The lowest BCUT2D eigenvalue weighted by atomic mass is 9.87. The monoisotopic (exact) mass is 386 g/mol. The molecular formula is C19H22N4O3S. The Hall–Kier alpha value is -2.61. The Labute approximate surface area is 161 Å². The second kappa shape index (κ2) is 7.56. The molecule has 0 bridgehead atoms. The third-order valence-corrected chi connectivity index (χ3v) is 4.86. The maximum Gasteiger partial charge on any atom is 0.277 e. The van der Waals surface area contributed by atoms with Gasteiger partial charge < -0.3 is 8.94 Å². The number of amides is 1. The predicted molar refractivity (Wildman–Crippen MR) is 104 cm³/mol. The van der Waals surface area contributed by atoms with Crippen LogP contribution in [0.5, 0.6) is 0 Å². The van der Waals surface area contributed by atoms with Crippen molar-refractivity contribution in [3.8, 4) is 11.5 Å². The number of nitrogens with zero attached hydrogens (tertiary/aromatic N) is 3. The molecule has 3 rings (SSSR count). The number of carbonyl (C=O) groups excluding carboxylic acids is 1. The number of rotatable bonds is 5. The highest BCUT2D eigenvalue weighted by Crippen LogP contribution is 2.29. The van der Waals surface area contributed by atoms with Crippen LogP contribution >= 0.6 is 11.8 Å². The number of benzene rings is 1. The average Bonchev–Trinajstić information content (AvgIpc) is 3.23. The minimum Gasteiger partial charge on any atom is -0.411 e. The van der Waals surface area contributed by atoms with E-state index in [2.05, 4.69) is 53.6 Å². The molecule has 0 saturated heterocycles. The first kappa shape index (κ1) is 19.2. The molecule has 1 unspecified atom stereocenters. The number of anilines is 1. The standard InChI is InChI=1S/C19H22N4O3S/c1-11-10-15(26-23-11)20-16(24)12(2)27-18-22-21-17(25-18)13-6-8-14(9-7-13)19(3,4)5/h6-10,12H,1-5H3,(H,20,24). The highest BCUT2D eigenvalue weighted by atomic mass is 32.2. The second-order valence-corrected chi connectivity index (χ2v) is 8.57. The van der Waals surface area contributed by atoms with E-state index < -0.39 is 5.25 Å². The third-order valence-electron chi connectivity index (χ3n) is 3.93. The summed E-state index contributed by atoms with van der Waals surface area (Å²) in [7, 11) is 0. The first-order valence-corrected chi connectivity index (χ1v) is 9.45. The van der Waals surface area contributed by atoms with E-state index in [1.165, 1.54) is 17.3 Å².